The quantitative estimate of drug-likeness (QED) is 0.808. The third kappa shape index (κ3) is 4.19. The molecule has 0 spiro atoms. The first kappa shape index (κ1) is 13.0. The minimum atomic E-state index is -0.329. The van der Waals surface area contributed by atoms with Crippen molar-refractivity contribution in [3.63, 3.8) is 0 Å². The number of rotatable bonds is 6. The number of halogens is 1. The second-order valence-corrected chi connectivity index (χ2v) is 4.37. The van der Waals surface area contributed by atoms with Gasteiger partial charge in [0, 0.05) is 6.61 Å². The molecule has 0 aromatic heterocycles. The number of aliphatic hydroxyl groups excluding tert-OH is 1. The van der Waals surface area contributed by atoms with E-state index in [1.54, 1.807) is 18.2 Å². The molecule has 0 aliphatic carbocycles. The van der Waals surface area contributed by atoms with Gasteiger partial charge in [-0.3, -0.25) is 0 Å². The maximum atomic E-state index is 13.2. The summed E-state index contributed by atoms with van der Waals surface area (Å²) >= 11 is 0. The Morgan fingerprint density at radius 1 is 1.25 bits per heavy atom. The van der Waals surface area contributed by atoms with E-state index >= 15 is 0 Å². The van der Waals surface area contributed by atoms with Gasteiger partial charge < -0.3 is 9.84 Å². The normalized spacial score (nSPS) is 14.5. The van der Waals surface area contributed by atoms with Crippen LogP contribution in [0.2, 0.25) is 0 Å². The lowest BCUT2D eigenvalue weighted by Gasteiger charge is -2.16. The van der Waals surface area contributed by atoms with Crippen LogP contribution in [-0.2, 0) is 0 Å². The Bertz CT molecular complexity index is 315. The van der Waals surface area contributed by atoms with Gasteiger partial charge in [-0.2, -0.15) is 0 Å². The molecule has 0 fully saturated rings. The van der Waals surface area contributed by atoms with E-state index in [0.717, 1.165) is 6.42 Å². The summed E-state index contributed by atoms with van der Waals surface area (Å²) in [5, 5.41) is 8.91. The SMILES string of the molecule is CC(CO)CC(C)COc1ccccc1F. The van der Waals surface area contributed by atoms with Crippen LogP contribution >= 0.6 is 0 Å². The third-order valence-corrected chi connectivity index (χ3v) is 2.48. The highest BCUT2D eigenvalue weighted by atomic mass is 19.1. The third-order valence-electron chi connectivity index (χ3n) is 2.48. The zero-order valence-corrected chi connectivity index (χ0v) is 9.82. The molecule has 1 N–H and O–H groups in total. The van der Waals surface area contributed by atoms with Gasteiger partial charge in [-0.1, -0.05) is 26.0 Å². The maximum absolute atomic E-state index is 13.2. The maximum Gasteiger partial charge on any atom is 0.165 e. The van der Waals surface area contributed by atoms with Gasteiger partial charge in [0.05, 0.1) is 6.61 Å². The molecule has 16 heavy (non-hydrogen) atoms. The predicted octanol–water partition coefficient (Wildman–Crippen LogP) is 2.86. The highest BCUT2D eigenvalue weighted by Gasteiger charge is 2.09. The number of benzene rings is 1. The molecule has 0 bridgehead atoms. The van der Waals surface area contributed by atoms with Gasteiger partial charge in [0.2, 0.25) is 0 Å². The van der Waals surface area contributed by atoms with Gasteiger partial charge in [-0.15, -0.1) is 0 Å². The van der Waals surface area contributed by atoms with E-state index in [1.165, 1.54) is 6.07 Å². The van der Waals surface area contributed by atoms with Crippen molar-refractivity contribution in [2.24, 2.45) is 11.8 Å². The molecule has 0 heterocycles. The van der Waals surface area contributed by atoms with E-state index in [1.807, 2.05) is 13.8 Å². The van der Waals surface area contributed by atoms with Crippen LogP contribution in [0, 0.1) is 17.7 Å². The van der Waals surface area contributed by atoms with Crippen LogP contribution in [0.3, 0.4) is 0 Å². The summed E-state index contributed by atoms with van der Waals surface area (Å²) < 4.78 is 18.6. The lowest BCUT2D eigenvalue weighted by Crippen LogP contribution is -2.14. The fourth-order valence-corrected chi connectivity index (χ4v) is 1.62. The lowest BCUT2D eigenvalue weighted by molar-refractivity contribution is 0.183. The summed E-state index contributed by atoms with van der Waals surface area (Å²) in [7, 11) is 0. The number of hydrogen-bond donors (Lipinski definition) is 1. The Morgan fingerprint density at radius 2 is 1.94 bits per heavy atom. The second-order valence-electron chi connectivity index (χ2n) is 4.37. The molecule has 1 aromatic rings. The van der Waals surface area contributed by atoms with Gasteiger partial charge in [-0.05, 0) is 30.4 Å². The predicted molar refractivity (Wildman–Crippen MR) is 61.9 cm³/mol. The second kappa shape index (κ2) is 6.48. The van der Waals surface area contributed by atoms with Crippen LogP contribution < -0.4 is 4.74 Å². The van der Waals surface area contributed by atoms with Gasteiger partial charge >= 0.3 is 0 Å². The van der Waals surface area contributed by atoms with Crippen molar-refractivity contribution in [3.05, 3.63) is 30.1 Å². The molecular weight excluding hydrogens is 207 g/mol. The van der Waals surface area contributed by atoms with Gasteiger partial charge in [0.25, 0.3) is 0 Å². The monoisotopic (exact) mass is 226 g/mol. The number of aliphatic hydroxyl groups is 1. The van der Waals surface area contributed by atoms with Crippen molar-refractivity contribution in [2.45, 2.75) is 20.3 Å². The van der Waals surface area contributed by atoms with Crippen LogP contribution in [0.15, 0.2) is 24.3 Å². The number of hydrogen-bond acceptors (Lipinski definition) is 2. The molecule has 0 saturated carbocycles. The highest BCUT2D eigenvalue weighted by molar-refractivity contribution is 5.23. The number of para-hydroxylation sites is 1. The average Bonchev–Trinajstić information content (AvgIpc) is 2.28. The Labute approximate surface area is 96.1 Å². The van der Waals surface area contributed by atoms with Crippen molar-refractivity contribution in [1.82, 2.24) is 0 Å². The topological polar surface area (TPSA) is 29.5 Å². The molecule has 0 aliphatic heterocycles. The molecule has 1 aromatic carbocycles. The molecule has 2 unspecified atom stereocenters. The van der Waals surface area contributed by atoms with Crippen molar-refractivity contribution >= 4 is 0 Å². The van der Waals surface area contributed by atoms with Crippen molar-refractivity contribution < 1.29 is 14.2 Å². The van der Waals surface area contributed by atoms with E-state index in [0.29, 0.717) is 18.3 Å². The zero-order chi connectivity index (χ0) is 12.0. The summed E-state index contributed by atoms with van der Waals surface area (Å²) in [6, 6.07) is 6.40. The molecule has 90 valence electrons. The van der Waals surface area contributed by atoms with E-state index in [9.17, 15) is 4.39 Å². The first-order chi connectivity index (χ1) is 7.63. The molecule has 0 saturated heterocycles. The van der Waals surface area contributed by atoms with Gasteiger partial charge in [0.1, 0.15) is 0 Å². The zero-order valence-electron chi connectivity index (χ0n) is 9.82. The average molecular weight is 226 g/mol. The summed E-state index contributed by atoms with van der Waals surface area (Å²) in [6.07, 6.45) is 0.880. The van der Waals surface area contributed by atoms with Crippen LogP contribution in [0.5, 0.6) is 5.75 Å². The van der Waals surface area contributed by atoms with Crippen molar-refractivity contribution in [3.8, 4) is 5.75 Å². The first-order valence-electron chi connectivity index (χ1n) is 5.61. The van der Waals surface area contributed by atoms with E-state index in [-0.39, 0.29) is 18.3 Å². The van der Waals surface area contributed by atoms with Crippen LogP contribution in [0.1, 0.15) is 20.3 Å². The fourth-order valence-electron chi connectivity index (χ4n) is 1.62. The Kier molecular flexibility index (Phi) is 5.26. The van der Waals surface area contributed by atoms with E-state index < -0.39 is 0 Å². The number of ether oxygens (including phenoxy) is 1. The minimum Gasteiger partial charge on any atom is -0.490 e. The molecule has 0 amide bonds. The molecule has 2 nitrogen and oxygen atoms in total. The lowest BCUT2D eigenvalue weighted by atomic mass is 9.99. The molecule has 0 aliphatic rings. The smallest absolute Gasteiger partial charge is 0.165 e. The van der Waals surface area contributed by atoms with Crippen LogP contribution in [0.25, 0.3) is 0 Å². The van der Waals surface area contributed by atoms with Crippen LogP contribution in [-0.4, -0.2) is 18.3 Å². The molecule has 1 rings (SSSR count). The Morgan fingerprint density at radius 3 is 2.56 bits per heavy atom. The molecule has 2 atom stereocenters. The van der Waals surface area contributed by atoms with Crippen LogP contribution in [0.4, 0.5) is 4.39 Å². The standard InChI is InChI=1S/C13H19FO2/c1-10(8-15)7-11(2)9-16-13-6-4-3-5-12(13)14/h3-6,10-11,15H,7-9H2,1-2H3. The van der Waals surface area contributed by atoms with Crippen molar-refractivity contribution in [1.29, 1.82) is 0 Å². The van der Waals surface area contributed by atoms with Gasteiger partial charge in [-0.25, -0.2) is 4.39 Å². The van der Waals surface area contributed by atoms with Gasteiger partial charge in [0.15, 0.2) is 11.6 Å². The minimum absolute atomic E-state index is 0.185. The highest BCUT2D eigenvalue weighted by Crippen LogP contribution is 2.18. The van der Waals surface area contributed by atoms with Crippen molar-refractivity contribution in [2.75, 3.05) is 13.2 Å². The largest absolute Gasteiger partial charge is 0.490 e. The van der Waals surface area contributed by atoms with E-state index in [2.05, 4.69) is 0 Å². The summed E-state index contributed by atoms with van der Waals surface area (Å²) in [5.41, 5.74) is 0. The summed E-state index contributed by atoms with van der Waals surface area (Å²) in [6.45, 7) is 4.68. The molecule has 3 heteroatoms. The molecule has 0 radical (unpaired) electrons. The summed E-state index contributed by atoms with van der Waals surface area (Å²) in [4.78, 5) is 0. The fraction of sp³-hybridized carbons (Fsp3) is 0.538. The Balaban J connectivity index is 2.37. The Hall–Kier alpha value is -1.09. The molecular formula is C13H19FO2. The first-order valence-corrected chi connectivity index (χ1v) is 5.61. The summed E-state index contributed by atoms with van der Waals surface area (Å²) in [5.74, 6) is 0.539. The van der Waals surface area contributed by atoms with E-state index in [4.69, 9.17) is 9.84 Å².